The van der Waals surface area contributed by atoms with Crippen LogP contribution in [-0.2, 0) is 9.53 Å². The smallest absolute Gasteiger partial charge is 0.327 e. The third-order valence-corrected chi connectivity index (χ3v) is 2.56. The molecule has 1 saturated carbocycles. The van der Waals surface area contributed by atoms with E-state index < -0.39 is 5.97 Å². The van der Waals surface area contributed by atoms with E-state index >= 15 is 0 Å². The van der Waals surface area contributed by atoms with Gasteiger partial charge in [-0.05, 0) is 31.6 Å². The number of carbonyl (C=O) groups is 1. The summed E-state index contributed by atoms with van der Waals surface area (Å²) in [5.41, 5.74) is 0. The van der Waals surface area contributed by atoms with Crippen molar-refractivity contribution in [3.63, 3.8) is 0 Å². The highest BCUT2D eigenvalue weighted by Gasteiger charge is 2.18. The van der Waals surface area contributed by atoms with Crippen molar-refractivity contribution in [3.8, 4) is 0 Å². The van der Waals surface area contributed by atoms with E-state index in [4.69, 9.17) is 9.84 Å². The fourth-order valence-electron chi connectivity index (χ4n) is 1.74. The second kappa shape index (κ2) is 5.02. The molecule has 1 aliphatic rings. The van der Waals surface area contributed by atoms with Gasteiger partial charge >= 0.3 is 5.97 Å². The summed E-state index contributed by atoms with van der Waals surface area (Å²) in [5, 5.41) is 8.43. The molecule has 3 nitrogen and oxygen atoms in total. The third-order valence-electron chi connectivity index (χ3n) is 2.56. The van der Waals surface area contributed by atoms with Gasteiger partial charge in [-0.15, -0.1) is 0 Å². The van der Waals surface area contributed by atoms with Crippen molar-refractivity contribution in [2.75, 3.05) is 7.11 Å². The largest absolute Gasteiger partial charge is 0.478 e. The molecule has 0 amide bonds. The van der Waals surface area contributed by atoms with Crippen molar-refractivity contribution in [1.29, 1.82) is 0 Å². The Kier molecular flexibility index (Phi) is 3.96. The zero-order valence-corrected chi connectivity index (χ0v) is 7.90. The summed E-state index contributed by atoms with van der Waals surface area (Å²) in [5.74, 6) is -0.420. The second-order valence-electron chi connectivity index (χ2n) is 3.47. The molecular formula is C10H16O3. The SMILES string of the molecule is COC1CCC(/C=C/C(=O)O)CC1. The van der Waals surface area contributed by atoms with Crippen LogP contribution in [0.1, 0.15) is 25.7 Å². The predicted molar refractivity (Wildman–Crippen MR) is 49.5 cm³/mol. The molecule has 1 rings (SSSR count). The van der Waals surface area contributed by atoms with Gasteiger partial charge in [-0.1, -0.05) is 6.08 Å². The number of carboxylic acid groups (broad SMARTS) is 1. The number of allylic oxidation sites excluding steroid dienone is 1. The normalized spacial score (nSPS) is 29.3. The Morgan fingerprint density at radius 3 is 2.46 bits per heavy atom. The fraction of sp³-hybridized carbons (Fsp3) is 0.700. The summed E-state index contributed by atoms with van der Waals surface area (Å²) in [6.45, 7) is 0. The first kappa shape index (κ1) is 10.3. The average molecular weight is 184 g/mol. The Hall–Kier alpha value is -0.830. The van der Waals surface area contributed by atoms with Crippen LogP contribution in [0.4, 0.5) is 0 Å². The van der Waals surface area contributed by atoms with E-state index in [0.717, 1.165) is 25.7 Å². The number of methoxy groups -OCH3 is 1. The van der Waals surface area contributed by atoms with Gasteiger partial charge < -0.3 is 9.84 Å². The van der Waals surface area contributed by atoms with Crippen molar-refractivity contribution in [2.45, 2.75) is 31.8 Å². The minimum absolute atomic E-state index is 0.384. The van der Waals surface area contributed by atoms with Gasteiger partial charge in [0.15, 0.2) is 0 Å². The van der Waals surface area contributed by atoms with Crippen LogP contribution < -0.4 is 0 Å². The Bertz CT molecular complexity index is 190. The molecule has 0 saturated heterocycles. The highest BCUT2D eigenvalue weighted by Crippen LogP contribution is 2.26. The summed E-state index contributed by atoms with van der Waals surface area (Å²) in [6.07, 6.45) is 7.61. The number of ether oxygens (including phenoxy) is 1. The summed E-state index contributed by atoms with van der Waals surface area (Å²) in [4.78, 5) is 10.3. The lowest BCUT2D eigenvalue weighted by Crippen LogP contribution is -2.19. The van der Waals surface area contributed by atoms with Gasteiger partial charge in [-0.3, -0.25) is 0 Å². The van der Waals surface area contributed by atoms with Gasteiger partial charge in [-0.2, -0.15) is 0 Å². The Morgan fingerprint density at radius 1 is 1.38 bits per heavy atom. The number of hydrogen-bond donors (Lipinski definition) is 1. The molecule has 0 unspecified atom stereocenters. The molecule has 3 heteroatoms. The summed E-state index contributed by atoms with van der Waals surface area (Å²) in [6, 6.07) is 0. The Morgan fingerprint density at radius 2 is 2.00 bits per heavy atom. The number of rotatable bonds is 3. The molecule has 1 N–H and O–H groups in total. The average Bonchev–Trinajstić information content (AvgIpc) is 2.15. The maximum atomic E-state index is 10.3. The van der Waals surface area contributed by atoms with Crippen LogP contribution in [0.25, 0.3) is 0 Å². The minimum Gasteiger partial charge on any atom is -0.478 e. The maximum Gasteiger partial charge on any atom is 0.327 e. The second-order valence-corrected chi connectivity index (χ2v) is 3.47. The quantitative estimate of drug-likeness (QED) is 0.681. The van der Waals surface area contributed by atoms with Crippen LogP contribution in [0, 0.1) is 5.92 Å². The van der Waals surface area contributed by atoms with Crippen molar-refractivity contribution >= 4 is 5.97 Å². The van der Waals surface area contributed by atoms with Gasteiger partial charge in [-0.25, -0.2) is 4.79 Å². The first-order valence-corrected chi connectivity index (χ1v) is 4.66. The van der Waals surface area contributed by atoms with Crippen LogP contribution in [0.15, 0.2) is 12.2 Å². The third kappa shape index (κ3) is 3.59. The molecule has 0 aromatic carbocycles. The molecule has 0 bridgehead atoms. The highest BCUT2D eigenvalue weighted by atomic mass is 16.5. The van der Waals surface area contributed by atoms with Crippen LogP contribution in [0.3, 0.4) is 0 Å². The van der Waals surface area contributed by atoms with Crippen molar-refractivity contribution in [1.82, 2.24) is 0 Å². The van der Waals surface area contributed by atoms with E-state index in [1.165, 1.54) is 6.08 Å². The Labute approximate surface area is 78.4 Å². The number of hydrogen-bond acceptors (Lipinski definition) is 2. The molecule has 0 aromatic heterocycles. The van der Waals surface area contributed by atoms with E-state index in [2.05, 4.69) is 0 Å². The highest BCUT2D eigenvalue weighted by molar-refractivity contribution is 5.79. The molecule has 0 radical (unpaired) electrons. The zero-order chi connectivity index (χ0) is 9.68. The van der Waals surface area contributed by atoms with E-state index in [9.17, 15) is 4.79 Å². The molecule has 0 spiro atoms. The van der Waals surface area contributed by atoms with E-state index in [-0.39, 0.29) is 0 Å². The zero-order valence-electron chi connectivity index (χ0n) is 7.90. The summed E-state index contributed by atoms with van der Waals surface area (Å²) >= 11 is 0. The van der Waals surface area contributed by atoms with E-state index in [1.807, 2.05) is 0 Å². The lowest BCUT2D eigenvalue weighted by Gasteiger charge is -2.25. The van der Waals surface area contributed by atoms with Gasteiger partial charge in [0.25, 0.3) is 0 Å². The number of carboxylic acids is 1. The fourth-order valence-corrected chi connectivity index (χ4v) is 1.74. The monoisotopic (exact) mass is 184 g/mol. The topological polar surface area (TPSA) is 46.5 Å². The lowest BCUT2D eigenvalue weighted by atomic mass is 9.87. The Balaban J connectivity index is 2.28. The van der Waals surface area contributed by atoms with Gasteiger partial charge in [0, 0.05) is 13.2 Å². The molecule has 0 aliphatic heterocycles. The van der Waals surface area contributed by atoms with E-state index in [0.29, 0.717) is 12.0 Å². The molecular weight excluding hydrogens is 168 g/mol. The summed E-state index contributed by atoms with van der Waals surface area (Å²) in [7, 11) is 1.73. The summed E-state index contributed by atoms with van der Waals surface area (Å²) < 4.78 is 5.22. The predicted octanol–water partition coefficient (Wildman–Crippen LogP) is 1.83. The van der Waals surface area contributed by atoms with Gasteiger partial charge in [0.2, 0.25) is 0 Å². The number of aliphatic carboxylic acids is 1. The van der Waals surface area contributed by atoms with Crippen LogP contribution in [0.5, 0.6) is 0 Å². The molecule has 0 aromatic rings. The molecule has 74 valence electrons. The van der Waals surface area contributed by atoms with Gasteiger partial charge in [0.05, 0.1) is 6.10 Å². The first-order chi connectivity index (χ1) is 6.22. The van der Waals surface area contributed by atoms with E-state index in [1.54, 1.807) is 13.2 Å². The van der Waals surface area contributed by atoms with Crippen LogP contribution in [-0.4, -0.2) is 24.3 Å². The molecule has 0 heterocycles. The van der Waals surface area contributed by atoms with Crippen LogP contribution in [0.2, 0.25) is 0 Å². The minimum atomic E-state index is -0.853. The maximum absolute atomic E-state index is 10.3. The lowest BCUT2D eigenvalue weighted by molar-refractivity contribution is -0.131. The molecule has 1 fully saturated rings. The van der Waals surface area contributed by atoms with Crippen LogP contribution >= 0.6 is 0 Å². The standard InChI is InChI=1S/C10H16O3/c1-13-9-5-2-8(3-6-9)4-7-10(11)12/h4,7-9H,2-3,5-6H2,1H3,(H,11,12)/b7-4+. The molecule has 13 heavy (non-hydrogen) atoms. The van der Waals surface area contributed by atoms with Gasteiger partial charge in [0.1, 0.15) is 0 Å². The van der Waals surface area contributed by atoms with Crippen molar-refractivity contribution in [3.05, 3.63) is 12.2 Å². The van der Waals surface area contributed by atoms with Crippen molar-refractivity contribution in [2.24, 2.45) is 5.92 Å². The molecule has 1 aliphatic carbocycles. The van der Waals surface area contributed by atoms with Crippen molar-refractivity contribution < 1.29 is 14.6 Å². The first-order valence-electron chi connectivity index (χ1n) is 4.66. The molecule has 0 atom stereocenters.